The molecule has 19 heavy (non-hydrogen) atoms. The van der Waals surface area contributed by atoms with E-state index in [1.54, 1.807) is 18.2 Å². The lowest BCUT2D eigenvalue weighted by molar-refractivity contribution is 0.208. The van der Waals surface area contributed by atoms with E-state index >= 15 is 0 Å². The smallest absolute Gasteiger partial charge is 0.175 e. The van der Waals surface area contributed by atoms with Crippen molar-refractivity contribution in [2.45, 2.75) is 32.1 Å². The zero-order valence-electron chi connectivity index (χ0n) is 10.8. The fourth-order valence-corrected chi connectivity index (χ4v) is 2.75. The van der Waals surface area contributed by atoms with Crippen LogP contribution >= 0.6 is 11.6 Å². The van der Waals surface area contributed by atoms with Gasteiger partial charge in [-0.3, -0.25) is 0 Å². The van der Waals surface area contributed by atoms with Crippen molar-refractivity contribution in [2.24, 2.45) is 16.8 Å². The van der Waals surface area contributed by atoms with Gasteiger partial charge in [0, 0.05) is 0 Å². The Kier molecular flexibility index (Phi) is 4.91. The minimum atomic E-state index is -0.0238. The van der Waals surface area contributed by atoms with Crippen molar-refractivity contribution in [1.82, 2.24) is 0 Å². The third-order valence-corrected chi connectivity index (χ3v) is 3.85. The van der Waals surface area contributed by atoms with E-state index in [0.717, 1.165) is 0 Å². The first-order valence-corrected chi connectivity index (χ1v) is 6.99. The molecule has 1 aliphatic carbocycles. The van der Waals surface area contributed by atoms with Crippen molar-refractivity contribution in [1.29, 1.82) is 0 Å². The number of nitrogens with two attached hydrogens (primary N) is 1. The summed E-state index contributed by atoms with van der Waals surface area (Å²) in [6.07, 6.45) is 6.29. The van der Waals surface area contributed by atoms with Gasteiger partial charge in [-0.25, -0.2) is 0 Å². The maximum atomic E-state index is 8.80. The highest BCUT2D eigenvalue weighted by atomic mass is 35.5. The minimum absolute atomic E-state index is 0.0238. The third kappa shape index (κ3) is 3.53. The fourth-order valence-electron chi connectivity index (χ4n) is 2.48. The Bertz CT molecular complexity index is 457. The van der Waals surface area contributed by atoms with Gasteiger partial charge in [-0.15, -0.1) is 0 Å². The Labute approximate surface area is 118 Å². The van der Waals surface area contributed by atoms with Crippen LogP contribution in [0, 0.1) is 5.92 Å². The summed E-state index contributed by atoms with van der Waals surface area (Å²) in [5.74, 6) is 1.14. The lowest BCUT2D eigenvalue weighted by Gasteiger charge is -2.22. The van der Waals surface area contributed by atoms with Gasteiger partial charge in [-0.1, -0.05) is 42.1 Å². The average Bonchev–Trinajstić information content (AvgIpc) is 2.45. The summed E-state index contributed by atoms with van der Waals surface area (Å²) in [7, 11) is 0. The van der Waals surface area contributed by atoms with Gasteiger partial charge < -0.3 is 15.7 Å². The molecule has 3 N–H and O–H groups in total. The van der Waals surface area contributed by atoms with E-state index < -0.39 is 0 Å². The Morgan fingerprint density at radius 1 is 1.37 bits per heavy atom. The highest BCUT2D eigenvalue weighted by molar-refractivity contribution is 6.34. The molecule has 0 atom stereocenters. The first kappa shape index (κ1) is 14.0. The quantitative estimate of drug-likeness (QED) is 0.385. The van der Waals surface area contributed by atoms with E-state index in [4.69, 9.17) is 27.3 Å². The second-order valence-electron chi connectivity index (χ2n) is 4.91. The maximum absolute atomic E-state index is 8.80. The van der Waals surface area contributed by atoms with Gasteiger partial charge in [0.15, 0.2) is 5.84 Å². The van der Waals surface area contributed by atoms with Crippen molar-refractivity contribution in [2.75, 3.05) is 6.61 Å². The maximum Gasteiger partial charge on any atom is 0.175 e. The van der Waals surface area contributed by atoms with Gasteiger partial charge in [-0.05, 0) is 30.9 Å². The van der Waals surface area contributed by atoms with Crippen molar-refractivity contribution in [3.63, 3.8) is 0 Å². The summed E-state index contributed by atoms with van der Waals surface area (Å²) < 4.78 is 5.82. The summed E-state index contributed by atoms with van der Waals surface area (Å²) in [4.78, 5) is 0. The zero-order chi connectivity index (χ0) is 13.7. The predicted octanol–water partition coefficient (Wildman–Crippen LogP) is 3.39. The molecule has 1 aromatic carbocycles. The molecular formula is C14H19ClN2O2. The molecule has 0 radical (unpaired) electrons. The number of hydrogen-bond donors (Lipinski definition) is 2. The minimum Gasteiger partial charge on any atom is -0.492 e. The van der Waals surface area contributed by atoms with Crippen molar-refractivity contribution >= 4 is 17.4 Å². The third-order valence-electron chi connectivity index (χ3n) is 3.54. The molecule has 5 heteroatoms. The van der Waals surface area contributed by atoms with Crippen molar-refractivity contribution in [3.8, 4) is 5.75 Å². The molecule has 1 fully saturated rings. The first-order valence-electron chi connectivity index (χ1n) is 6.61. The predicted molar refractivity (Wildman–Crippen MR) is 76.0 cm³/mol. The SMILES string of the molecule is NC(=NO)c1c(Cl)cccc1OCC1CCCCC1. The largest absolute Gasteiger partial charge is 0.492 e. The highest BCUT2D eigenvalue weighted by Crippen LogP contribution is 2.29. The van der Waals surface area contributed by atoms with Crippen LogP contribution in [0.3, 0.4) is 0 Å². The molecule has 2 rings (SSSR count). The normalized spacial score (nSPS) is 17.4. The van der Waals surface area contributed by atoms with Gasteiger partial charge in [-0.2, -0.15) is 0 Å². The number of nitrogens with zero attached hydrogens (tertiary/aromatic N) is 1. The molecule has 0 heterocycles. The fraction of sp³-hybridized carbons (Fsp3) is 0.500. The van der Waals surface area contributed by atoms with Crippen LogP contribution in [0.2, 0.25) is 5.02 Å². The van der Waals surface area contributed by atoms with Gasteiger partial charge in [0.2, 0.25) is 0 Å². The first-order chi connectivity index (χ1) is 9.22. The number of hydrogen-bond acceptors (Lipinski definition) is 3. The monoisotopic (exact) mass is 282 g/mol. The van der Waals surface area contributed by atoms with Crippen LogP contribution in [-0.2, 0) is 0 Å². The highest BCUT2D eigenvalue weighted by Gasteiger charge is 2.17. The van der Waals surface area contributed by atoms with E-state index in [9.17, 15) is 0 Å². The van der Waals surface area contributed by atoms with Gasteiger partial charge in [0.25, 0.3) is 0 Å². The number of benzene rings is 1. The summed E-state index contributed by atoms with van der Waals surface area (Å²) >= 11 is 6.07. The van der Waals surface area contributed by atoms with Crippen LogP contribution in [0.15, 0.2) is 23.4 Å². The van der Waals surface area contributed by atoms with Crippen LogP contribution in [0.5, 0.6) is 5.75 Å². The summed E-state index contributed by atoms with van der Waals surface area (Å²) in [6, 6.07) is 5.29. The van der Waals surface area contributed by atoms with Gasteiger partial charge in [0.1, 0.15) is 5.75 Å². The standard InChI is InChI=1S/C14H19ClN2O2/c15-11-7-4-8-12(13(11)14(16)17-18)19-9-10-5-2-1-3-6-10/h4,7-8,10,18H,1-3,5-6,9H2,(H2,16,17). The molecule has 0 saturated heterocycles. The molecule has 0 aliphatic heterocycles. The van der Waals surface area contributed by atoms with E-state index in [2.05, 4.69) is 5.16 Å². The Hall–Kier alpha value is -1.42. The Morgan fingerprint density at radius 2 is 2.11 bits per heavy atom. The Morgan fingerprint density at radius 3 is 2.79 bits per heavy atom. The van der Waals surface area contributed by atoms with Crippen LogP contribution < -0.4 is 10.5 Å². The number of rotatable bonds is 4. The lowest BCUT2D eigenvalue weighted by Crippen LogP contribution is -2.19. The molecule has 4 nitrogen and oxygen atoms in total. The van der Waals surface area contributed by atoms with Gasteiger partial charge in [0.05, 0.1) is 17.2 Å². The van der Waals surface area contributed by atoms with Crippen LogP contribution in [0.1, 0.15) is 37.7 Å². The second-order valence-corrected chi connectivity index (χ2v) is 5.32. The topological polar surface area (TPSA) is 67.8 Å². The number of oxime groups is 1. The number of ether oxygens (including phenoxy) is 1. The molecule has 104 valence electrons. The molecule has 0 aromatic heterocycles. The molecular weight excluding hydrogens is 264 g/mol. The summed E-state index contributed by atoms with van der Waals surface area (Å²) in [5.41, 5.74) is 6.10. The summed E-state index contributed by atoms with van der Waals surface area (Å²) in [5, 5.41) is 12.2. The summed E-state index contributed by atoms with van der Waals surface area (Å²) in [6.45, 7) is 0.659. The van der Waals surface area contributed by atoms with Crippen LogP contribution in [0.4, 0.5) is 0 Å². The molecule has 0 spiro atoms. The van der Waals surface area contributed by atoms with E-state index in [0.29, 0.717) is 28.9 Å². The number of halogens is 1. The van der Waals surface area contributed by atoms with Crippen LogP contribution in [-0.4, -0.2) is 17.6 Å². The molecule has 1 saturated carbocycles. The zero-order valence-corrected chi connectivity index (χ0v) is 11.6. The van der Waals surface area contributed by atoms with E-state index in [1.807, 2.05) is 0 Å². The van der Waals surface area contributed by atoms with Gasteiger partial charge >= 0.3 is 0 Å². The molecule has 1 aromatic rings. The molecule has 0 unspecified atom stereocenters. The Balaban J connectivity index is 2.09. The average molecular weight is 283 g/mol. The molecule has 0 bridgehead atoms. The van der Waals surface area contributed by atoms with Crippen molar-refractivity contribution < 1.29 is 9.94 Å². The van der Waals surface area contributed by atoms with E-state index in [-0.39, 0.29) is 5.84 Å². The molecule has 1 aliphatic rings. The van der Waals surface area contributed by atoms with Crippen molar-refractivity contribution in [3.05, 3.63) is 28.8 Å². The lowest BCUT2D eigenvalue weighted by atomic mass is 9.90. The number of amidine groups is 1. The molecule has 0 amide bonds. The van der Waals surface area contributed by atoms with E-state index in [1.165, 1.54) is 32.1 Å². The van der Waals surface area contributed by atoms with Crippen LogP contribution in [0.25, 0.3) is 0 Å². The second kappa shape index (κ2) is 6.66.